The first-order valence-corrected chi connectivity index (χ1v) is 7.16. The molecule has 0 radical (unpaired) electrons. The van der Waals surface area contributed by atoms with Gasteiger partial charge in [0.25, 0.3) is 0 Å². The summed E-state index contributed by atoms with van der Waals surface area (Å²) in [6, 6.07) is 7.90. The third-order valence-electron chi connectivity index (χ3n) is 3.27. The molecule has 0 fully saturated rings. The average Bonchev–Trinajstić information content (AvgIpc) is 2.90. The number of nitrogens with zero attached hydrogens (tertiary/aromatic N) is 2. The third-order valence-corrected chi connectivity index (χ3v) is 3.27. The second-order valence-corrected chi connectivity index (χ2v) is 5.21. The SMILES string of the molecule is Cc1cc(NC(=O)CN(C)C(=O)CCc2ccccc2F)no1. The molecule has 0 unspecified atom stereocenters. The Morgan fingerprint density at radius 2 is 2.09 bits per heavy atom. The molecule has 1 heterocycles. The summed E-state index contributed by atoms with van der Waals surface area (Å²) < 4.78 is 18.3. The maximum absolute atomic E-state index is 13.5. The molecule has 0 spiro atoms. The second kappa shape index (κ2) is 7.53. The molecule has 2 aromatic rings. The van der Waals surface area contributed by atoms with Gasteiger partial charge in [-0.15, -0.1) is 0 Å². The van der Waals surface area contributed by atoms with Crippen molar-refractivity contribution in [2.45, 2.75) is 19.8 Å². The van der Waals surface area contributed by atoms with Gasteiger partial charge in [-0.05, 0) is 25.0 Å². The van der Waals surface area contributed by atoms with E-state index in [0.29, 0.717) is 23.6 Å². The van der Waals surface area contributed by atoms with Crippen LogP contribution in [0, 0.1) is 12.7 Å². The molecule has 0 atom stereocenters. The monoisotopic (exact) mass is 319 g/mol. The molecule has 7 heteroatoms. The highest BCUT2D eigenvalue weighted by Crippen LogP contribution is 2.10. The number of rotatable bonds is 6. The van der Waals surface area contributed by atoms with Crippen molar-refractivity contribution in [1.82, 2.24) is 10.1 Å². The van der Waals surface area contributed by atoms with E-state index in [9.17, 15) is 14.0 Å². The van der Waals surface area contributed by atoms with E-state index < -0.39 is 0 Å². The van der Waals surface area contributed by atoms with Crippen LogP contribution in [0.5, 0.6) is 0 Å². The van der Waals surface area contributed by atoms with Crippen LogP contribution in [0.1, 0.15) is 17.7 Å². The number of aromatic nitrogens is 1. The topological polar surface area (TPSA) is 75.4 Å². The fourth-order valence-electron chi connectivity index (χ4n) is 2.04. The minimum Gasteiger partial charge on any atom is -0.360 e. The van der Waals surface area contributed by atoms with Crippen LogP contribution in [0.25, 0.3) is 0 Å². The van der Waals surface area contributed by atoms with Gasteiger partial charge in [0, 0.05) is 19.5 Å². The molecule has 0 saturated heterocycles. The van der Waals surface area contributed by atoms with Gasteiger partial charge in [-0.2, -0.15) is 0 Å². The van der Waals surface area contributed by atoms with E-state index in [2.05, 4.69) is 10.5 Å². The fourth-order valence-corrected chi connectivity index (χ4v) is 2.04. The summed E-state index contributed by atoms with van der Waals surface area (Å²) in [5.41, 5.74) is 0.483. The highest BCUT2D eigenvalue weighted by molar-refractivity contribution is 5.93. The highest BCUT2D eigenvalue weighted by Gasteiger charge is 2.15. The van der Waals surface area contributed by atoms with Crippen LogP contribution >= 0.6 is 0 Å². The van der Waals surface area contributed by atoms with Gasteiger partial charge >= 0.3 is 0 Å². The number of hydrogen-bond acceptors (Lipinski definition) is 4. The predicted octanol–water partition coefficient (Wildman–Crippen LogP) is 2.15. The van der Waals surface area contributed by atoms with Crippen molar-refractivity contribution in [1.29, 1.82) is 0 Å². The van der Waals surface area contributed by atoms with Crippen molar-refractivity contribution in [2.75, 3.05) is 18.9 Å². The van der Waals surface area contributed by atoms with Gasteiger partial charge in [0.15, 0.2) is 5.82 Å². The summed E-state index contributed by atoms with van der Waals surface area (Å²) in [5, 5.41) is 6.18. The lowest BCUT2D eigenvalue weighted by Crippen LogP contribution is -2.35. The summed E-state index contributed by atoms with van der Waals surface area (Å²) in [7, 11) is 1.53. The van der Waals surface area contributed by atoms with Gasteiger partial charge in [-0.25, -0.2) is 4.39 Å². The lowest BCUT2D eigenvalue weighted by atomic mass is 10.1. The lowest BCUT2D eigenvalue weighted by Gasteiger charge is -2.16. The van der Waals surface area contributed by atoms with Gasteiger partial charge in [0.05, 0.1) is 6.54 Å². The minimum atomic E-state index is -0.375. The molecule has 0 aliphatic carbocycles. The van der Waals surface area contributed by atoms with Crippen molar-refractivity contribution in [3.05, 3.63) is 47.5 Å². The largest absolute Gasteiger partial charge is 0.360 e. The smallest absolute Gasteiger partial charge is 0.245 e. The van der Waals surface area contributed by atoms with E-state index in [0.717, 1.165) is 0 Å². The summed E-state index contributed by atoms with van der Waals surface area (Å²) in [4.78, 5) is 25.1. The zero-order chi connectivity index (χ0) is 16.8. The highest BCUT2D eigenvalue weighted by atomic mass is 19.1. The molecule has 2 rings (SSSR count). The Morgan fingerprint density at radius 3 is 2.74 bits per heavy atom. The Labute approximate surface area is 133 Å². The van der Waals surface area contributed by atoms with E-state index in [1.807, 2.05) is 0 Å². The first-order valence-electron chi connectivity index (χ1n) is 7.16. The van der Waals surface area contributed by atoms with Crippen molar-refractivity contribution in [3.8, 4) is 0 Å². The molecule has 122 valence electrons. The number of amides is 2. The van der Waals surface area contributed by atoms with Crippen LogP contribution in [0.15, 0.2) is 34.9 Å². The maximum atomic E-state index is 13.5. The molecule has 1 aromatic heterocycles. The van der Waals surface area contributed by atoms with E-state index in [4.69, 9.17) is 4.52 Å². The third kappa shape index (κ3) is 4.91. The summed E-state index contributed by atoms with van der Waals surface area (Å²) >= 11 is 0. The zero-order valence-corrected chi connectivity index (χ0v) is 13.0. The number of hydrogen-bond donors (Lipinski definition) is 1. The van der Waals surface area contributed by atoms with E-state index >= 15 is 0 Å². The molecule has 2 amide bonds. The number of carbonyl (C=O) groups excluding carboxylic acids is 2. The summed E-state index contributed by atoms with van der Waals surface area (Å²) in [6.07, 6.45) is 0.424. The quantitative estimate of drug-likeness (QED) is 0.885. The van der Waals surface area contributed by atoms with Crippen LogP contribution < -0.4 is 5.32 Å². The summed E-state index contributed by atoms with van der Waals surface area (Å²) in [6.45, 7) is 1.60. The minimum absolute atomic E-state index is 0.109. The number of halogens is 1. The van der Waals surface area contributed by atoms with Gasteiger partial charge in [0.2, 0.25) is 11.8 Å². The van der Waals surface area contributed by atoms with Crippen LogP contribution in [-0.4, -0.2) is 35.5 Å². The molecule has 0 aliphatic rings. The van der Waals surface area contributed by atoms with Gasteiger partial charge < -0.3 is 14.7 Å². The molecule has 0 bridgehead atoms. The molecule has 1 aromatic carbocycles. The first-order chi connectivity index (χ1) is 11.0. The van der Waals surface area contributed by atoms with Gasteiger partial charge in [-0.3, -0.25) is 9.59 Å². The number of carbonyl (C=O) groups is 2. The van der Waals surface area contributed by atoms with Crippen LogP contribution in [0.3, 0.4) is 0 Å². The van der Waals surface area contributed by atoms with E-state index in [1.54, 1.807) is 31.2 Å². The molecule has 23 heavy (non-hydrogen) atoms. The standard InChI is InChI=1S/C16H18FN3O3/c1-11-9-14(19-23-11)18-15(21)10-20(2)16(22)8-7-12-5-3-4-6-13(12)17/h3-6,9H,7-8,10H2,1-2H3,(H,18,19,21). The Hall–Kier alpha value is -2.70. The Balaban J connectivity index is 1.80. The number of anilines is 1. The number of likely N-dealkylation sites (N-methyl/N-ethyl adjacent to an activating group) is 1. The number of nitrogens with one attached hydrogen (secondary N) is 1. The van der Waals surface area contributed by atoms with Crippen molar-refractivity contribution < 1.29 is 18.5 Å². The average molecular weight is 319 g/mol. The Bertz CT molecular complexity index is 699. The zero-order valence-electron chi connectivity index (χ0n) is 13.0. The Morgan fingerprint density at radius 1 is 1.35 bits per heavy atom. The van der Waals surface area contributed by atoms with Crippen molar-refractivity contribution in [2.24, 2.45) is 0 Å². The van der Waals surface area contributed by atoms with E-state index in [1.165, 1.54) is 18.0 Å². The van der Waals surface area contributed by atoms with Crippen LogP contribution in [0.4, 0.5) is 10.2 Å². The van der Waals surface area contributed by atoms with E-state index in [-0.39, 0.29) is 30.6 Å². The molecular formula is C16H18FN3O3. The normalized spacial score (nSPS) is 10.4. The maximum Gasteiger partial charge on any atom is 0.245 e. The second-order valence-electron chi connectivity index (χ2n) is 5.21. The Kier molecular flexibility index (Phi) is 5.46. The van der Waals surface area contributed by atoms with Gasteiger partial charge in [-0.1, -0.05) is 23.4 Å². The fraction of sp³-hybridized carbons (Fsp3) is 0.312. The molecule has 0 aliphatic heterocycles. The predicted molar refractivity (Wildman–Crippen MR) is 82.2 cm³/mol. The first kappa shape index (κ1) is 16.7. The summed E-state index contributed by atoms with van der Waals surface area (Å²) in [5.74, 6) is -0.0591. The van der Waals surface area contributed by atoms with Crippen molar-refractivity contribution >= 4 is 17.6 Å². The number of aryl methyl sites for hydroxylation is 2. The van der Waals surface area contributed by atoms with Crippen LogP contribution in [-0.2, 0) is 16.0 Å². The van der Waals surface area contributed by atoms with Crippen molar-refractivity contribution in [3.63, 3.8) is 0 Å². The lowest BCUT2D eigenvalue weighted by molar-refractivity contribution is -0.133. The van der Waals surface area contributed by atoms with Crippen LogP contribution in [0.2, 0.25) is 0 Å². The molecule has 6 nitrogen and oxygen atoms in total. The van der Waals surface area contributed by atoms with Gasteiger partial charge in [0.1, 0.15) is 11.6 Å². The molecule has 0 saturated carbocycles. The molecular weight excluding hydrogens is 301 g/mol. The molecule has 1 N–H and O–H groups in total. The number of benzene rings is 1.